The van der Waals surface area contributed by atoms with E-state index in [1.807, 2.05) is 25.1 Å². The van der Waals surface area contributed by atoms with E-state index < -0.39 is 0 Å². The van der Waals surface area contributed by atoms with Crippen LogP contribution < -0.4 is 15.8 Å². The fraction of sp³-hybridized carbons (Fsp3) is 0.348. The Kier molecular flexibility index (Phi) is 5.30. The lowest BCUT2D eigenvalue weighted by Gasteiger charge is -2.35. The Bertz CT molecular complexity index is 1100. The Hall–Kier alpha value is -3.19. The zero-order chi connectivity index (χ0) is 21.3. The molecule has 3 heterocycles. The maximum Gasteiger partial charge on any atom is 0.276 e. The number of anilines is 2. The van der Waals surface area contributed by atoms with Crippen molar-refractivity contribution < 1.29 is 14.3 Å². The second-order valence-corrected chi connectivity index (χ2v) is 8.24. The van der Waals surface area contributed by atoms with Gasteiger partial charge in [-0.05, 0) is 62.1 Å². The molecule has 7 heteroatoms. The zero-order valence-electron chi connectivity index (χ0n) is 17.4. The first-order chi connectivity index (χ1) is 14.3. The van der Waals surface area contributed by atoms with Crippen LogP contribution in [-0.4, -0.2) is 34.2 Å². The number of carbonyl (C=O) groups is 1. The minimum atomic E-state index is -0.346. The third-order valence-electron chi connectivity index (χ3n) is 5.27. The lowest BCUT2D eigenvalue weighted by Crippen LogP contribution is -2.39. The summed E-state index contributed by atoms with van der Waals surface area (Å²) >= 11 is 0. The SMILES string of the molecule is Cc1cc(NC(=O)c2ncccc2N)cc2ccnc(OC3CCOC(C)(C)C3)c12. The highest BCUT2D eigenvalue weighted by molar-refractivity contribution is 6.07. The van der Waals surface area contributed by atoms with Crippen molar-refractivity contribution in [3.63, 3.8) is 0 Å². The number of nitrogens with two attached hydrogens (primary N) is 1. The number of hydrogen-bond acceptors (Lipinski definition) is 6. The minimum Gasteiger partial charge on any atom is -0.474 e. The number of hydrogen-bond donors (Lipinski definition) is 2. The summed E-state index contributed by atoms with van der Waals surface area (Å²) < 4.78 is 12.1. The van der Waals surface area contributed by atoms with E-state index in [2.05, 4.69) is 29.1 Å². The summed E-state index contributed by atoms with van der Waals surface area (Å²) in [5.74, 6) is 0.265. The Labute approximate surface area is 175 Å². The monoisotopic (exact) mass is 406 g/mol. The molecule has 1 aliphatic heterocycles. The molecule has 0 spiro atoms. The summed E-state index contributed by atoms with van der Waals surface area (Å²) in [6, 6.07) is 9.07. The van der Waals surface area contributed by atoms with Gasteiger partial charge in [0.15, 0.2) is 5.69 Å². The summed E-state index contributed by atoms with van der Waals surface area (Å²) in [6.07, 6.45) is 4.97. The van der Waals surface area contributed by atoms with Crippen LogP contribution in [0.2, 0.25) is 0 Å². The van der Waals surface area contributed by atoms with E-state index in [9.17, 15) is 4.79 Å². The second-order valence-electron chi connectivity index (χ2n) is 8.24. The molecule has 0 bridgehead atoms. The normalized spacial score (nSPS) is 18.2. The van der Waals surface area contributed by atoms with Gasteiger partial charge in [-0.25, -0.2) is 9.97 Å². The van der Waals surface area contributed by atoms with Crippen LogP contribution in [0.3, 0.4) is 0 Å². The van der Waals surface area contributed by atoms with Gasteiger partial charge in [-0.2, -0.15) is 0 Å². The van der Waals surface area contributed by atoms with Crippen molar-refractivity contribution >= 4 is 28.1 Å². The smallest absolute Gasteiger partial charge is 0.276 e. The van der Waals surface area contributed by atoms with Crippen molar-refractivity contribution in [1.29, 1.82) is 0 Å². The molecule has 7 nitrogen and oxygen atoms in total. The summed E-state index contributed by atoms with van der Waals surface area (Å²) in [7, 11) is 0. The van der Waals surface area contributed by atoms with Gasteiger partial charge in [0.2, 0.25) is 5.88 Å². The number of fused-ring (bicyclic) bond motifs is 1. The largest absolute Gasteiger partial charge is 0.474 e. The molecule has 30 heavy (non-hydrogen) atoms. The number of nitrogens with one attached hydrogen (secondary N) is 1. The Morgan fingerprint density at radius 1 is 1.27 bits per heavy atom. The number of rotatable bonds is 4. The maximum atomic E-state index is 12.6. The molecule has 1 atom stereocenters. The van der Waals surface area contributed by atoms with Gasteiger partial charge >= 0.3 is 0 Å². The van der Waals surface area contributed by atoms with Gasteiger partial charge in [0.05, 0.1) is 17.9 Å². The van der Waals surface area contributed by atoms with Crippen LogP contribution in [0.4, 0.5) is 11.4 Å². The second kappa shape index (κ2) is 7.91. The van der Waals surface area contributed by atoms with E-state index in [0.29, 0.717) is 23.9 Å². The first-order valence-electron chi connectivity index (χ1n) is 10.0. The summed E-state index contributed by atoms with van der Waals surface area (Å²) in [4.78, 5) is 21.1. The van der Waals surface area contributed by atoms with E-state index >= 15 is 0 Å². The third-order valence-corrected chi connectivity index (χ3v) is 5.27. The number of aryl methyl sites for hydroxylation is 1. The van der Waals surface area contributed by atoms with Gasteiger partial charge in [-0.3, -0.25) is 4.79 Å². The maximum absolute atomic E-state index is 12.6. The number of carbonyl (C=O) groups excluding carboxylic acids is 1. The van der Waals surface area contributed by atoms with E-state index in [1.54, 1.807) is 24.5 Å². The number of nitrogens with zero attached hydrogens (tertiary/aromatic N) is 2. The molecule has 0 aliphatic carbocycles. The van der Waals surface area contributed by atoms with Crippen LogP contribution in [0.15, 0.2) is 42.7 Å². The highest BCUT2D eigenvalue weighted by Crippen LogP contribution is 2.33. The number of amides is 1. The topological polar surface area (TPSA) is 99.4 Å². The van der Waals surface area contributed by atoms with E-state index in [1.165, 1.54) is 0 Å². The summed E-state index contributed by atoms with van der Waals surface area (Å²) in [6.45, 7) is 6.81. The number of pyridine rings is 2. The average Bonchev–Trinajstić information content (AvgIpc) is 2.67. The molecule has 4 rings (SSSR count). The molecular weight excluding hydrogens is 380 g/mol. The van der Waals surface area contributed by atoms with Crippen molar-refractivity contribution in [1.82, 2.24) is 9.97 Å². The molecular formula is C23H26N4O3. The molecule has 1 unspecified atom stereocenters. The lowest BCUT2D eigenvalue weighted by molar-refractivity contribution is -0.0901. The highest BCUT2D eigenvalue weighted by Gasteiger charge is 2.30. The summed E-state index contributed by atoms with van der Waals surface area (Å²) in [5.41, 5.74) is 7.84. The van der Waals surface area contributed by atoms with Crippen molar-refractivity contribution in [3.8, 4) is 5.88 Å². The van der Waals surface area contributed by atoms with Crippen LogP contribution >= 0.6 is 0 Å². The lowest BCUT2D eigenvalue weighted by atomic mass is 9.96. The van der Waals surface area contributed by atoms with Gasteiger partial charge in [0.25, 0.3) is 5.91 Å². The Morgan fingerprint density at radius 3 is 2.87 bits per heavy atom. The van der Waals surface area contributed by atoms with Crippen LogP contribution in [0, 0.1) is 6.92 Å². The quantitative estimate of drug-likeness (QED) is 0.676. The molecule has 1 saturated heterocycles. The van der Waals surface area contributed by atoms with Gasteiger partial charge in [-0.1, -0.05) is 0 Å². The molecule has 3 aromatic rings. The Morgan fingerprint density at radius 2 is 2.10 bits per heavy atom. The number of aromatic nitrogens is 2. The number of ether oxygens (including phenoxy) is 2. The predicted octanol–water partition coefficient (Wildman–Crippen LogP) is 4.11. The molecule has 156 valence electrons. The van der Waals surface area contributed by atoms with Gasteiger partial charge in [0, 0.05) is 36.3 Å². The van der Waals surface area contributed by atoms with Gasteiger partial charge in [0.1, 0.15) is 6.10 Å². The highest BCUT2D eigenvalue weighted by atomic mass is 16.5. The number of nitrogen functional groups attached to an aromatic ring is 1. The molecule has 1 aromatic carbocycles. The molecule has 1 aliphatic rings. The van der Waals surface area contributed by atoms with Crippen LogP contribution in [0.1, 0.15) is 42.7 Å². The van der Waals surface area contributed by atoms with E-state index in [0.717, 1.165) is 29.2 Å². The standard InChI is InChI=1S/C23H26N4O3/c1-14-11-16(27-21(28)20-18(24)5-4-8-25-20)12-15-6-9-26-22(19(14)15)30-17-7-10-29-23(2,3)13-17/h4-6,8-9,11-12,17H,7,10,13,24H2,1-3H3,(H,27,28). The van der Waals surface area contributed by atoms with Crippen molar-refractivity contribution in [2.75, 3.05) is 17.7 Å². The van der Waals surface area contributed by atoms with Crippen molar-refractivity contribution in [2.24, 2.45) is 0 Å². The van der Waals surface area contributed by atoms with E-state index in [-0.39, 0.29) is 23.3 Å². The van der Waals surface area contributed by atoms with Crippen LogP contribution in [-0.2, 0) is 4.74 Å². The summed E-state index contributed by atoms with van der Waals surface area (Å²) in [5, 5.41) is 4.77. The van der Waals surface area contributed by atoms with Crippen LogP contribution in [0.5, 0.6) is 5.88 Å². The van der Waals surface area contributed by atoms with Gasteiger partial charge < -0.3 is 20.5 Å². The molecule has 1 amide bonds. The third kappa shape index (κ3) is 4.21. The fourth-order valence-corrected chi connectivity index (χ4v) is 3.88. The molecule has 2 aromatic heterocycles. The van der Waals surface area contributed by atoms with Crippen LogP contribution in [0.25, 0.3) is 10.8 Å². The Balaban J connectivity index is 1.60. The van der Waals surface area contributed by atoms with Gasteiger partial charge in [-0.15, -0.1) is 0 Å². The van der Waals surface area contributed by atoms with Crippen molar-refractivity contribution in [2.45, 2.75) is 45.3 Å². The molecule has 0 radical (unpaired) electrons. The minimum absolute atomic E-state index is 0.0535. The van der Waals surface area contributed by atoms with Crippen molar-refractivity contribution in [3.05, 3.63) is 54.0 Å². The fourth-order valence-electron chi connectivity index (χ4n) is 3.88. The first kappa shape index (κ1) is 20.1. The predicted molar refractivity (Wildman–Crippen MR) is 117 cm³/mol. The zero-order valence-corrected chi connectivity index (χ0v) is 17.4. The molecule has 3 N–H and O–H groups in total. The first-order valence-corrected chi connectivity index (χ1v) is 10.0. The average molecular weight is 406 g/mol. The van der Waals surface area contributed by atoms with E-state index in [4.69, 9.17) is 15.2 Å². The number of benzene rings is 1. The molecule has 1 fully saturated rings. The molecule has 0 saturated carbocycles.